The van der Waals surface area contributed by atoms with Crippen LogP contribution >= 0.6 is 0 Å². The van der Waals surface area contributed by atoms with Crippen LogP contribution < -0.4 is 4.74 Å². The summed E-state index contributed by atoms with van der Waals surface area (Å²) in [4.78, 5) is 47.7. The van der Waals surface area contributed by atoms with Crippen molar-refractivity contribution >= 4 is 23.9 Å². The number of hydrogen-bond acceptors (Lipinski definition) is 12. The van der Waals surface area contributed by atoms with Crippen molar-refractivity contribution in [2.75, 3.05) is 13.2 Å². The van der Waals surface area contributed by atoms with Crippen molar-refractivity contribution in [3.8, 4) is 11.6 Å². The summed E-state index contributed by atoms with van der Waals surface area (Å²) in [5.41, 5.74) is 1.77. The molecule has 0 bridgehead atoms. The number of aromatic nitrogens is 2. The number of phenols is 1. The molecular formula is C29H37FN2O11. The topological polar surface area (TPSA) is 162 Å². The molecule has 1 saturated heterocycles. The van der Waals surface area contributed by atoms with Gasteiger partial charge in [-0.05, 0) is 38.5 Å². The minimum atomic E-state index is -1.40. The van der Waals surface area contributed by atoms with Gasteiger partial charge in [-0.1, -0.05) is 6.07 Å². The Balaban J connectivity index is 2.09. The van der Waals surface area contributed by atoms with Crippen LogP contribution in [0.1, 0.15) is 64.4 Å². The first-order chi connectivity index (χ1) is 20.2. The third-order valence-electron chi connectivity index (χ3n) is 6.67. The number of phenolic OH excluding ortho intramolecular Hbond substituents is 1. The fourth-order valence-electron chi connectivity index (χ4n) is 4.81. The van der Waals surface area contributed by atoms with Gasteiger partial charge in [0.2, 0.25) is 12.2 Å². The lowest BCUT2D eigenvalue weighted by Crippen LogP contribution is -2.61. The highest BCUT2D eigenvalue weighted by atomic mass is 19.1. The number of aromatic hydroxyl groups is 1. The number of carbonyl (C=O) groups is 4. The highest BCUT2D eigenvalue weighted by Crippen LogP contribution is 2.35. The van der Waals surface area contributed by atoms with Crippen LogP contribution in [0.3, 0.4) is 0 Å². The number of rotatable bonds is 11. The van der Waals surface area contributed by atoms with Crippen LogP contribution in [-0.2, 0) is 49.3 Å². The third-order valence-corrected chi connectivity index (χ3v) is 6.67. The molecule has 14 heteroatoms. The van der Waals surface area contributed by atoms with Gasteiger partial charge in [0.1, 0.15) is 25.4 Å². The molecule has 0 amide bonds. The molecule has 1 N–H and O–H groups in total. The molecule has 2 aromatic rings. The maximum absolute atomic E-state index is 14.2. The molecule has 3 rings (SSSR count). The molecule has 0 saturated carbocycles. The van der Waals surface area contributed by atoms with Crippen molar-refractivity contribution < 1.29 is 57.1 Å². The van der Waals surface area contributed by atoms with E-state index in [0.717, 1.165) is 13.8 Å². The van der Waals surface area contributed by atoms with Crippen LogP contribution in [0.2, 0.25) is 0 Å². The summed E-state index contributed by atoms with van der Waals surface area (Å²) in [7, 11) is 0. The predicted octanol–water partition coefficient (Wildman–Crippen LogP) is 2.92. The number of halogens is 1. The molecule has 43 heavy (non-hydrogen) atoms. The summed E-state index contributed by atoms with van der Waals surface area (Å²) < 4.78 is 49.7. The number of carbonyl (C=O) groups excluding carboxylic acids is 4. The van der Waals surface area contributed by atoms with Crippen LogP contribution in [0.4, 0.5) is 4.39 Å². The van der Waals surface area contributed by atoms with E-state index in [9.17, 15) is 28.7 Å². The van der Waals surface area contributed by atoms with Gasteiger partial charge in [0, 0.05) is 51.4 Å². The monoisotopic (exact) mass is 608 g/mol. The molecule has 0 spiro atoms. The van der Waals surface area contributed by atoms with E-state index in [1.807, 2.05) is 13.8 Å². The number of benzene rings is 1. The van der Waals surface area contributed by atoms with E-state index in [4.69, 9.17) is 28.4 Å². The molecule has 1 aromatic carbocycles. The summed E-state index contributed by atoms with van der Waals surface area (Å²) in [6.45, 7) is 9.59. The van der Waals surface area contributed by atoms with Gasteiger partial charge in [-0.15, -0.1) is 5.10 Å². The Bertz CT molecular complexity index is 1340. The Labute approximate surface area is 248 Å². The van der Waals surface area contributed by atoms with Gasteiger partial charge in [-0.3, -0.25) is 23.9 Å². The summed E-state index contributed by atoms with van der Waals surface area (Å²) >= 11 is 0. The molecule has 1 aliphatic heterocycles. The maximum Gasteiger partial charge on any atom is 0.303 e. The fourth-order valence-corrected chi connectivity index (χ4v) is 4.81. The first-order valence-corrected chi connectivity index (χ1v) is 13.7. The van der Waals surface area contributed by atoms with Crippen molar-refractivity contribution in [2.24, 2.45) is 5.92 Å². The van der Waals surface area contributed by atoms with Crippen LogP contribution in [0.5, 0.6) is 11.6 Å². The Kier molecular flexibility index (Phi) is 11.1. The van der Waals surface area contributed by atoms with Crippen molar-refractivity contribution in [1.82, 2.24) is 9.78 Å². The molecule has 1 fully saturated rings. The zero-order valence-electron chi connectivity index (χ0n) is 25.1. The van der Waals surface area contributed by atoms with Crippen molar-refractivity contribution in [2.45, 2.75) is 85.5 Å². The lowest BCUT2D eigenvalue weighted by molar-refractivity contribution is -0.278. The smallest absolute Gasteiger partial charge is 0.303 e. The average Bonchev–Trinajstić information content (AvgIpc) is 3.20. The van der Waals surface area contributed by atoms with Crippen molar-refractivity contribution in [3.05, 3.63) is 40.8 Å². The number of esters is 4. The molecule has 0 aliphatic carbocycles. The summed E-state index contributed by atoms with van der Waals surface area (Å²) in [5.74, 6) is -4.91. The summed E-state index contributed by atoms with van der Waals surface area (Å²) in [6, 6.07) is 3.88. The largest absolute Gasteiger partial charge is 0.505 e. The van der Waals surface area contributed by atoms with E-state index in [0.29, 0.717) is 16.8 Å². The minimum Gasteiger partial charge on any atom is -0.505 e. The molecule has 0 radical (unpaired) electrons. The van der Waals surface area contributed by atoms with Gasteiger partial charge < -0.3 is 33.5 Å². The zero-order chi connectivity index (χ0) is 32.0. The van der Waals surface area contributed by atoms with E-state index in [1.165, 1.54) is 26.0 Å². The van der Waals surface area contributed by atoms with Crippen LogP contribution in [0.15, 0.2) is 18.2 Å². The molecule has 2 heterocycles. The number of ether oxygens (including phenoxy) is 6. The summed E-state index contributed by atoms with van der Waals surface area (Å²) in [5, 5.41) is 14.2. The molecule has 13 nitrogen and oxygen atoms in total. The van der Waals surface area contributed by atoms with Gasteiger partial charge in [0.25, 0.3) is 0 Å². The van der Waals surface area contributed by atoms with Crippen molar-refractivity contribution in [3.63, 3.8) is 0 Å². The summed E-state index contributed by atoms with van der Waals surface area (Å²) in [6.07, 6.45) is -4.82. The SMILES string of the molecule is CC(=O)OCC1[C@@H](OC(C)=O)[C@H](Oc2nn(C(C)C)c(C)c2Cc2ccc(O)c(F)c2)O[C@H](COC(C)=O)[C@H]1OC(C)=O. The minimum absolute atomic E-state index is 0.0743. The predicted molar refractivity (Wildman–Crippen MR) is 145 cm³/mol. The van der Waals surface area contributed by atoms with E-state index in [2.05, 4.69) is 5.10 Å². The standard InChI is InChI=1S/C29H37FN2O11/c1-14(2)32-15(3)21(10-20-8-9-24(37)23(30)11-20)28(31-32)43-29-27(41-19(7)36)22(12-38-16(4)33)26(40-18(6)35)25(42-29)13-39-17(5)34/h8-9,11,14,22,25-27,29,37H,10,12-13H2,1-7H3/t22?,25-,26+,27-,29+/m1/s1. The number of nitrogens with zero attached hydrogens (tertiary/aromatic N) is 2. The first-order valence-electron chi connectivity index (χ1n) is 13.7. The van der Waals surface area contributed by atoms with Crippen LogP contribution in [-0.4, -0.2) is 76.6 Å². The Morgan fingerprint density at radius 1 is 0.977 bits per heavy atom. The highest BCUT2D eigenvalue weighted by molar-refractivity contribution is 5.67. The second-order valence-electron chi connectivity index (χ2n) is 10.4. The lowest BCUT2D eigenvalue weighted by Gasteiger charge is -2.44. The van der Waals surface area contributed by atoms with Gasteiger partial charge in [-0.2, -0.15) is 0 Å². The van der Waals surface area contributed by atoms with Crippen LogP contribution in [0, 0.1) is 18.7 Å². The molecule has 1 aliphatic rings. The lowest BCUT2D eigenvalue weighted by atomic mass is 9.89. The molecule has 1 aromatic heterocycles. The molecule has 5 atom stereocenters. The zero-order valence-corrected chi connectivity index (χ0v) is 25.1. The Morgan fingerprint density at radius 2 is 1.58 bits per heavy atom. The quantitative estimate of drug-likeness (QED) is 0.294. The molecule has 1 unspecified atom stereocenters. The molecular weight excluding hydrogens is 571 g/mol. The fraction of sp³-hybridized carbons (Fsp3) is 0.552. The van der Waals surface area contributed by atoms with Gasteiger partial charge in [-0.25, -0.2) is 4.39 Å². The highest BCUT2D eigenvalue weighted by Gasteiger charge is 2.52. The third kappa shape index (κ3) is 8.66. The molecule has 236 valence electrons. The number of hydrogen-bond donors (Lipinski definition) is 1. The van der Waals surface area contributed by atoms with E-state index in [-0.39, 0.29) is 31.6 Å². The second-order valence-corrected chi connectivity index (χ2v) is 10.4. The maximum atomic E-state index is 14.2. The average molecular weight is 609 g/mol. The normalized spacial score (nSPS) is 21.7. The van der Waals surface area contributed by atoms with E-state index < -0.39 is 66.0 Å². The van der Waals surface area contributed by atoms with Crippen LogP contribution in [0.25, 0.3) is 0 Å². The Morgan fingerprint density at radius 3 is 2.14 bits per heavy atom. The second kappa shape index (κ2) is 14.3. The van der Waals surface area contributed by atoms with Gasteiger partial charge in [0.05, 0.1) is 5.92 Å². The van der Waals surface area contributed by atoms with E-state index in [1.54, 1.807) is 17.7 Å². The van der Waals surface area contributed by atoms with Gasteiger partial charge in [0.15, 0.2) is 17.7 Å². The first kappa shape index (κ1) is 33.3. The Hall–Kier alpha value is -4.20. The van der Waals surface area contributed by atoms with Gasteiger partial charge >= 0.3 is 23.9 Å². The van der Waals surface area contributed by atoms with Crippen molar-refractivity contribution in [1.29, 1.82) is 0 Å². The van der Waals surface area contributed by atoms with E-state index >= 15 is 0 Å².